The lowest BCUT2D eigenvalue weighted by Gasteiger charge is -2.44. The van der Waals surface area contributed by atoms with Crippen LogP contribution in [-0.4, -0.2) is 46.7 Å². The monoisotopic (exact) mass is 242 g/mol. The summed E-state index contributed by atoms with van der Waals surface area (Å²) in [5, 5.41) is 19.8. The molecule has 2 aliphatic heterocycles. The van der Waals surface area contributed by atoms with Gasteiger partial charge in [0, 0.05) is 6.42 Å². The Bertz CT molecular complexity index is 327. The van der Waals surface area contributed by atoms with Gasteiger partial charge in [0.1, 0.15) is 24.2 Å². The van der Waals surface area contributed by atoms with Gasteiger partial charge in [-0.05, 0) is 13.8 Å². The average molecular weight is 242 g/mol. The summed E-state index contributed by atoms with van der Waals surface area (Å²) in [6, 6.07) is 0. The number of hydrogen-bond donors (Lipinski definition) is 2. The van der Waals surface area contributed by atoms with E-state index >= 15 is 0 Å². The Hall–Kier alpha value is -0.910. The van der Waals surface area contributed by atoms with E-state index in [1.54, 1.807) is 19.1 Å². The van der Waals surface area contributed by atoms with E-state index in [-0.39, 0.29) is 12.2 Å². The van der Waals surface area contributed by atoms with E-state index < -0.39 is 30.2 Å². The quantitative estimate of drug-likeness (QED) is 0.500. The van der Waals surface area contributed by atoms with Gasteiger partial charge in [0.25, 0.3) is 0 Å². The van der Waals surface area contributed by atoms with Crippen molar-refractivity contribution >= 4 is 5.97 Å². The number of rotatable bonds is 1. The van der Waals surface area contributed by atoms with Crippen LogP contribution in [0.15, 0.2) is 12.2 Å². The van der Waals surface area contributed by atoms with Crippen molar-refractivity contribution in [2.24, 2.45) is 5.92 Å². The highest BCUT2D eigenvalue weighted by molar-refractivity contribution is 5.75. The van der Waals surface area contributed by atoms with Gasteiger partial charge in [0.15, 0.2) is 0 Å². The summed E-state index contributed by atoms with van der Waals surface area (Å²) in [7, 11) is 0. The fourth-order valence-corrected chi connectivity index (χ4v) is 2.49. The van der Waals surface area contributed by atoms with Gasteiger partial charge in [-0.15, -0.1) is 0 Å². The molecule has 6 atom stereocenters. The van der Waals surface area contributed by atoms with E-state index in [1.165, 1.54) is 0 Å². The molecule has 0 saturated carbocycles. The maximum atomic E-state index is 11.7. The van der Waals surface area contributed by atoms with Gasteiger partial charge >= 0.3 is 5.97 Å². The van der Waals surface area contributed by atoms with Crippen LogP contribution < -0.4 is 0 Å². The van der Waals surface area contributed by atoms with Crippen molar-refractivity contribution < 1.29 is 24.5 Å². The molecule has 0 amide bonds. The second-order valence-electron chi connectivity index (χ2n) is 4.66. The maximum Gasteiger partial charge on any atom is 0.314 e. The lowest BCUT2D eigenvalue weighted by atomic mass is 9.82. The summed E-state index contributed by atoms with van der Waals surface area (Å²) >= 11 is 0. The minimum absolute atomic E-state index is 0.211. The molecule has 2 rings (SSSR count). The highest BCUT2D eigenvalue weighted by atomic mass is 16.6. The first kappa shape index (κ1) is 12.5. The number of aliphatic hydroxyl groups is 2. The topological polar surface area (TPSA) is 76.0 Å². The molecule has 5 heteroatoms. The van der Waals surface area contributed by atoms with Crippen LogP contribution in [0.5, 0.6) is 0 Å². The average Bonchev–Trinajstić information content (AvgIpc) is 2.24. The number of ether oxygens (including phenoxy) is 2. The summed E-state index contributed by atoms with van der Waals surface area (Å²) in [6.45, 7) is 3.60. The molecular weight excluding hydrogens is 224 g/mol. The number of carbonyl (C=O) groups is 1. The smallest absolute Gasteiger partial charge is 0.314 e. The van der Waals surface area contributed by atoms with Crippen molar-refractivity contribution in [2.75, 3.05) is 0 Å². The number of allylic oxidation sites excluding steroid dienone is 1. The van der Waals surface area contributed by atoms with Gasteiger partial charge in [-0.25, -0.2) is 0 Å². The van der Waals surface area contributed by atoms with Crippen LogP contribution in [0.4, 0.5) is 0 Å². The van der Waals surface area contributed by atoms with Gasteiger partial charge < -0.3 is 19.7 Å². The van der Waals surface area contributed by atoms with Crippen LogP contribution in [0.25, 0.3) is 0 Å². The van der Waals surface area contributed by atoms with Gasteiger partial charge in [0.2, 0.25) is 0 Å². The Morgan fingerprint density at radius 1 is 1.35 bits per heavy atom. The van der Waals surface area contributed by atoms with Crippen LogP contribution in [0.1, 0.15) is 20.3 Å². The molecule has 0 unspecified atom stereocenters. The summed E-state index contributed by atoms with van der Waals surface area (Å²) in [6.07, 6.45) is 0.620. The van der Waals surface area contributed by atoms with Crippen LogP contribution in [0, 0.1) is 5.92 Å². The molecule has 0 bridgehead atoms. The van der Waals surface area contributed by atoms with Crippen molar-refractivity contribution in [1.82, 2.24) is 0 Å². The zero-order chi connectivity index (χ0) is 12.6. The molecule has 5 nitrogen and oxygen atoms in total. The molecule has 2 heterocycles. The first-order chi connectivity index (χ1) is 8.04. The van der Waals surface area contributed by atoms with E-state index in [0.29, 0.717) is 6.42 Å². The number of esters is 1. The molecule has 0 radical (unpaired) electrons. The van der Waals surface area contributed by atoms with E-state index in [4.69, 9.17) is 9.47 Å². The first-order valence-corrected chi connectivity index (χ1v) is 5.89. The van der Waals surface area contributed by atoms with Crippen LogP contribution >= 0.6 is 0 Å². The highest BCUT2D eigenvalue weighted by Crippen LogP contribution is 2.34. The van der Waals surface area contributed by atoms with Gasteiger partial charge in [-0.1, -0.05) is 12.2 Å². The normalized spacial score (nSPS) is 46.7. The molecule has 96 valence electrons. The van der Waals surface area contributed by atoms with Crippen molar-refractivity contribution in [3.63, 3.8) is 0 Å². The molecule has 0 spiro atoms. The van der Waals surface area contributed by atoms with Gasteiger partial charge in [-0.2, -0.15) is 0 Å². The molecule has 17 heavy (non-hydrogen) atoms. The highest BCUT2D eigenvalue weighted by Gasteiger charge is 2.50. The molecular formula is C12H18O5. The number of hydrogen-bond acceptors (Lipinski definition) is 5. The number of cyclic esters (lactones) is 1. The minimum atomic E-state index is -1.13. The predicted octanol–water partition coefficient (Wildman–Crippen LogP) is 0.00330. The third kappa shape index (κ3) is 2.22. The van der Waals surface area contributed by atoms with E-state index in [1.807, 2.05) is 6.92 Å². The molecule has 0 aliphatic carbocycles. The lowest BCUT2D eigenvalue weighted by molar-refractivity contribution is -0.224. The van der Waals surface area contributed by atoms with E-state index in [9.17, 15) is 15.0 Å². The number of aliphatic hydroxyl groups excluding tert-OH is 2. The summed E-state index contributed by atoms with van der Waals surface area (Å²) < 4.78 is 10.7. The summed E-state index contributed by atoms with van der Waals surface area (Å²) in [5.41, 5.74) is 0. The molecule has 2 N–H and O–H groups in total. The van der Waals surface area contributed by atoms with Crippen LogP contribution in [0.3, 0.4) is 0 Å². The fraction of sp³-hybridized carbons (Fsp3) is 0.750. The third-order valence-electron chi connectivity index (χ3n) is 3.32. The third-order valence-corrected chi connectivity index (χ3v) is 3.32. The Labute approximate surface area is 100 Å². The summed E-state index contributed by atoms with van der Waals surface area (Å²) in [5.74, 6) is -1.26. The Morgan fingerprint density at radius 3 is 2.71 bits per heavy atom. The Kier molecular flexibility index (Phi) is 3.51. The van der Waals surface area contributed by atoms with Crippen molar-refractivity contribution in [2.45, 2.75) is 50.8 Å². The molecule has 2 fully saturated rings. The molecule has 0 aromatic heterocycles. The van der Waals surface area contributed by atoms with Crippen LogP contribution in [-0.2, 0) is 14.3 Å². The Morgan fingerprint density at radius 2 is 2.06 bits per heavy atom. The van der Waals surface area contributed by atoms with Gasteiger partial charge in [-0.3, -0.25) is 4.79 Å². The van der Waals surface area contributed by atoms with Crippen molar-refractivity contribution in [3.8, 4) is 0 Å². The number of fused-ring (bicyclic) bond motifs is 1. The molecule has 2 saturated heterocycles. The second-order valence-corrected chi connectivity index (χ2v) is 4.66. The molecule has 0 aromatic rings. The zero-order valence-electron chi connectivity index (χ0n) is 9.95. The van der Waals surface area contributed by atoms with Crippen molar-refractivity contribution in [3.05, 3.63) is 12.2 Å². The lowest BCUT2D eigenvalue weighted by Crippen LogP contribution is -2.59. The predicted molar refractivity (Wildman–Crippen MR) is 59.1 cm³/mol. The summed E-state index contributed by atoms with van der Waals surface area (Å²) in [4.78, 5) is 11.7. The molecule has 0 aromatic carbocycles. The fourth-order valence-electron chi connectivity index (χ4n) is 2.49. The molecule has 2 aliphatic rings. The standard InChI is InChI=1S/C12H18O5/c1-3-4-7-10(13)11(14)9-8(17-7)5-6(2)16-12(9)15/h3-4,6-11,13-14H,5H2,1-2H3/b4-3+/t6-,7-,8+,9-,10-,11+/m1/s1. The largest absolute Gasteiger partial charge is 0.462 e. The van der Waals surface area contributed by atoms with E-state index in [0.717, 1.165) is 0 Å². The van der Waals surface area contributed by atoms with E-state index in [2.05, 4.69) is 0 Å². The Balaban J connectivity index is 2.19. The minimum Gasteiger partial charge on any atom is -0.462 e. The first-order valence-electron chi connectivity index (χ1n) is 5.89. The number of carbonyl (C=O) groups excluding carboxylic acids is 1. The second kappa shape index (κ2) is 4.76. The zero-order valence-corrected chi connectivity index (χ0v) is 9.95. The van der Waals surface area contributed by atoms with Crippen LogP contribution in [0.2, 0.25) is 0 Å². The SMILES string of the molecule is C/C=C/[C@H]1O[C@H]2C[C@@H](C)OC(=O)[C@H]2[C@H](O)[C@@H]1O. The van der Waals surface area contributed by atoms with Crippen molar-refractivity contribution in [1.29, 1.82) is 0 Å². The van der Waals surface area contributed by atoms with Gasteiger partial charge in [0.05, 0.1) is 12.2 Å². The maximum absolute atomic E-state index is 11.7.